The molecule has 3 nitrogen and oxygen atoms in total. The van der Waals surface area contributed by atoms with E-state index in [9.17, 15) is 0 Å². The van der Waals surface area contributed by atoms with Crippen molar-refractivity contribution in [2.45, 2.75) is 34.2 Å². The standard InChI is InChI=1S/C22H31N3/c1-18(2)15-25(16-19(3)4)17-21-12-10-20(11-13-21)14-23-24-22-8-6-5-7-9-22/h5-14,18-19,24H,15-17H2,1-4H3. The summed E-state index contributed by atoms with van der Waals surface area (Å²) in [6.07, 6.45) is 1.86. The lowest BCUT2D eigenvalue weighted by molar-refractivity contribution is 0.211. The molecule has 0 amide bonds. The zero-order valence-corrected chi connectivity index (χ0v) is 15.9. The highest BCUT2D eigenvalue weighted by atomic mass is 15.3. The van der Waals surface area contributed by atoms with Gasteiger partial charge < -0.3 is 0 Å². The lowest BCUT2D eigenvalue weighted by atomic mass is 10.1. The summed E-state index contributed by atoms with van der Waals surface area (Å²) in [5.74, 6) is 1.38. The number of benzene rings is 2. The minimum absolute atomic E-state index is 0.689. The van der Waals surface area contributed by atoms with Crippen molar-refractivity contribution in [1.29, 1.82) is 0 Å². The Kier molecular flexibility index (Phi) is 7.68. The van der Waals surface area contributed by atoms with E-state index in [0.717, 1.165) is 30.9 Å². The van der Waals surface area contributed by atoms with Gasteiger partial charge in [-0.05, 0) is 35.1 Å². The third-order valence-corrected chi connectivity index (χ3v) is 3.81. The van der Waals surface area contributed by atoms with Crippen LogP contribution in [0.5, 0.6) is 0 Å². The largest absolute Gasteiger partial charge is 0.299 e. The minimum atomic E-state index is 0.689. The van der Waals surface area contributed by atoms with Gasteiger partial charge >= 0.3 is 0 Å². The second kappa shape index (κ2) is 10.00. The smallest absolute Gasteiger partial charge is 0.0561 e. The van der Waals surface area contributed by atoms with E-state index in [-0.39, 0.29) is 0 Å². The molecule has 3 heteroatoms. The molecule has 0 heterocycles. The number of hydrogen-bond acceptors (Lipinski definition) is 3. The summed E-state index contributed by atoms with van der Waals surface area (Å²) in [5.41, 5.74) is 6.50. The maximum Gasteiger partial charge on any atom is 0.0561 e. The predicted molar refractivity (Wildman–Crippen MR) is 109 cm³/mol. The van der Waals surface area contributed by atoms with Crippen LogP contribution in [0.1, 0.15) is 38.8 Å². The van der Waals surface area contributed by atoms with Gasteiger partial charge in [0.2, 0.25) is 0 Å². The number of hydrazone groups is 1. The third-order valence-electron chi connectivity index (χ3n) is 3.81. The predicted octanol–water partition coefficient (Wildman–Crippen LogP) is 5.25. The molecule has 0 unspecified atom stereocenters. The summed E-state index contributed by atoms with van der Waals surface area (Å²) in [5, 5.41) is 4.30. The fourth-order valence-electron chi connectivity index (χ4n) is 2.90. The van der Waals surface area contributed by atoms with Crippen LogP contribution >= 0.6 is 0 Å². The number of anilines is 1. The minimum Gasteiger partial charge on any atom is -0.299 e. The van der Waals surface area contributed by atoms with Gasteiger partial charge in [-0.25, -0.2) is 0 Å². The molecule has 2 aromatic carbocycles. The summed E-state index contributed by atoms with van der Waals surface area (Å²) < 4.78 is 0. The first kappa shape index (κ1) is 19.2. The maximum atomic E-state index is 4.30. The second-order valence-electron chi connectivity index (χ2n) is 7.46. The van der Waals surface area contributed by atoms with Crippen LogP contribution in [0.2, 0.25) is 0 Å². The van der Waals surface area contributed by atoms with Gasteiger partial charge in [0.05, 0.1) is 11.9 Å². The Morgan fingerprint density at radius 3 is 2.04 bits per heavy atom. The van der Waals surface area contributed by atoms with Crippen LogP contribution in [-0.2, 0) is 6.54 Å². The van der Waals surface area contributed by atoms with E-state index >= 15 is 0 Å². The Bertz CT molecular complexity index is 620. The van der Waals surface area contributed by atoms with Crippen LogP contribution in [-0.4, -0.2) is 24.2 Å². The van der Waals surface area contributed by atoms with Crippen molar-refractivity contribution in [3.8, 4) is 0 Å². The van der Waals surface area contributed by atoms with Gasteiger partial charge in [-0.1, -0.05) is 70.2 Å². The molecule has 1 N–H and O–H groups in total. The van der Waals surface area contributed by atoms with Crippen molar-refractivity contribution < 1.29 is 0 Å². The third kappa shape index (κ3) is 7.53. The number of rotatable bonds is 9. The van der Waals surface area contributed by atoms with E-state index in [1.807, 2.05) is 36.5 Å². The SMILES string of the molecule is CC(C)CN(Cc1ccc(C=NNc2ccccc2)cc1)CC(C)C. The maximum absolute atomic E-state index is 4.30. The summed E-state index contributed by atoms with van der Waals surface area (Å²) in [7, 11) is 0. The first-order chi connectivity index (χ1) is 12.0. The highest BCUT2D eigenvalue weighted by Crippen LogP contribution is 2.11. The Hall–Kier alpha value is -2.13. The molecule has 2 aromatic rings. The Labute approximate surface area is 152 Å². The molecule has 0 aromatic heterocycles. The number of hydrogen-bond donors (Lipinski definition) is 1. The Balaban J connectivity index is 1.91. The number of para-hydroxylation sites is 1. The van der Waals surface area contributed by atoms with Crippen LogP contribution < -0.4 is 5.43 Å². The van der Waals surface area contributed by atoms with Crippen LogP contribution in [0.3, 0.4) is 0 Å². The quantitative estimate of drug-likeness (QED) is 0.500. The molecule has 25 heavy (non-hydrogen) atoms. The summed E-state index contributed by atoms with van der Waals surface area (Å²) in [4.78, 5) is 2.55. The summed E-state index contributed by atoms with van der Waals surface area (Å²) in [6.45, 7) is 12.4. The average molecular weight is 338 g/mol. The molecule has 0 aliphatic rings. The van der Waals surface area contributed by atoms with E-state index in [0.29, 0.717) is 11.8 Å². The van der Waals surface area contributed by atoms with E-state index in [4.69, 9.17) is 0 Å². The fraction of sp³-hybridized carbons (Fsp3) is 0.409. The molecule has 0 radical (unpaired) electrons. The van der Waals surface area contributed by atoms with Crippen molar-refractivity contribution in [3.05, 3.63) is 65.7 Å². The topological polar surface area (TPSA) is 27.6 Å². The lowest BCUT2D eigenvalue weighted by Crippen LogP contribution is -2.30. The van der Waals surface area contributed by atoms with Gasteiger partial charge in [-0.2, -0.15) is 5.10 Å². The van der Waals surface area contributed by atoms with Gasteiger partial charge in [0.15, 0.2) is 0 Å². The first-order valence-electron chi connectivity index (χ1n) is 9.18. The molecule has 0 aliphatic carbocycles. The Morgan fingerprint density at radius 1 is 0.880 bits per heavy atom. The van der Waals surface area contributed by atoms with Crippen LogP contribution in [0, 0.1) is 11.8 Å². The lowest BCUT2D eigenvalue weighted by Gasteiger charge is -2.26. The molecular weight excluding hydrogens is 306 g/mol. The number of nitrogens with one attached hydrogen (secondary N) is 1. The van der Waals surface area contributed by atoms with Crippen LogP contribution in [0.15, 0.2) is 59.7 Å². The van der Waals surface area contributed by atoms with Gasteiger partial charge in [0.1, 0.15) is 0 Å². The van der Waals surface area contributed by atoms with E-state index < -0.39 is 0 Å². The van der Waals surface area contributed by atoms with Crippen molar-refractivity contribution in [2.75, 3.05) is 18.5 Å². The molecule has 0 saturated heterocycles. The normalized spacial score (nSPS) is 11.8. The molecule has 0 bridgehead atoms. The summed E-state index contributed by atoms with van der Waals surface area (Å²) >= 11 is 0. The summed E-state index contributed by atoms with van der Waals surface area (Å²) in [6, 6.07) is 18.7. The molecule has 0 atom stereocenters. The molecule has 0 spiro atoms. The molecule has 0 saturated carbocycles. The van der Waals surface area contributed by atoms with E-state index in [1.165, 1.54) is 5.56 Å². The zero-order valence-electron chi connectivity index (χ0n) is 15.9. The highest BCUT2D eigenvalue weighted by Gasteiger charge is 2.10. The molecular formula is C22H31N3. The van der Waals surface area contributed by atoms with Gasteiger partial charge in [0.25, 0.3) is 0 Å². The van der Waals surface area contributed by atoms with Crippen LogP contribution in [0.25, 0.3) is 0 Å². The van der Waals surface area contributed by atoms with E-state index in [1.54, 1.807) is 0 Å². The Morgan fingerprint density at radius 2 is 1.48 bits per heavy atom. The monoisotopic (exact) mass is 337 g/mol. The highest BCUT2D eigenvalue weighted by molar-refractivity contribution is 5.80. The first-order valence-corrected chi connectivity index (χ1v) is 9.18. The van der Waals surface area contributed by atoms with Crippen molar-refractivity contribution in [2.24, 2.45) is 16.9 Å². The van der Waals surface area contributed by atoms with Crippen molar-refractivity contribution >= 4 is 11.9 Å². The number of nitrogens with zero attached hydrogens (tertiary/aromatic N) is 2. The molecule has 2 rings (SSSR count). The van der Waals surface area contributed by atoms with Gasteiger partial charge in [-0.15, -0.1) is 0 Å². The van der Waals surface area contributed by atoms with Gasteiger partial charge in [-0.3, -0.25) is 10.3 Å². The fourth-order valence-corrected chi connectivity index (χ4v) is 2.90. The van der Waals surface area contributed by atoms with Crippen molar-refractivity contribution in [1.82, 2.24) is 4.90 Å². The van der Waals surface area contributed by atoms with Gasteiger partial charge in [0, 0.05) is 19.6 Å². The molecule has 0 aliphatic heterocycles. The second-order valence-corrected chi connectivity index (χ2v) is 7.46. The van der Waals surface area contributed by atoms with Crippen molar-refractivity contribution in [3.63, 3.8) is 0 Å². The van der Waals surface area contributed by atoms with E-state index in [2.05, 4.69) is 67.4 Å². The average Bonchev–Trinajstić information content (AvgIpc) is 2.56. The molecule has 134 valence electrons. The molecule has 0 fully saturated rings. The van der Waals surface area contributed by atoms with Crippen LogP contribution in [0.4, 0.5) is 5.69 Å². The zero-order chi connectivity index (χ0) is 18.1.